The summed E-state index contributed by atoms with van der Waals surface area (Å²) in [5.41, 5.74) is 2.93. The Morgan fingerprint density at radius 1 is 0.783 bits per heavy atom. The third-order valence-corrected chi connectivity index (χ3v) is 10.2. The fraction of sp³-hybridized carbons (Fsp3) is 0.311. The molecular weight excluding hydrogens is 803 g/mol. The highest BCUT2D eigenvalue weighted by atomic mass is 32.2. The molecule has 0 radical (unpaired) electrons. The highest BCUT2D eigenvalue weighted by Crippen LogP contribution is 2.31. The molecule has 0 bridgehead atoms. The molecule has 10 nitrogen and oxygen atoms in total. The van der Waals surface area contributed by atoms with Gasteiger partial charge in [-0.2, -0.15) is 19.2 Å². The normalized spacial score (nSPS) is 18.6. The summed E-state index contributed by atoms with van der Waals surface area (Å²) in [6.07, 6.45) is 17.5. The van der Waals surface area contributed by atoms with Gasteiger partial charge in [0.05, 0.1) is 37.0 Å². The fourth-order valence-corrected chi connectivity index (χ4v) is 6.86. The molecule has 324 valence electrons. The van der Waals surface area contributed by atoms with Gasteiger partial charge in [0.1, 0.15) is 19.4 Å². The van der Waals surface area contributed by atoms with Crippen molar-refractivity contribution >= 4 is 16.3 Å². The Morgan fingerprint density at radius 2 is 1.42 bits per heavy atom. The van der Waals surface area contributed by atoms with Crippen LogP contribution in [0.1, 0.15) is 65.5 Å². The minimum atomic E-state index is -6.09. The second-order valence-corrected chi connectivity index (χ2v) is 15.1. The molecule has 3 unspecified atom stereocenters. The van der Waals surface area contributed by atoms with E-state index in [1.165, 1.54) is 52.6 Å². The molecule has 0 aliphatic carbocycles. The van der Waals surface area contributed by atoms with Gasteiger partial charge in [0.25, 0.3) is 0 Å². The summed E-state index contributed by atoms with van der Waals surface area (Å²) in [7, 11) is -3.97. The van der Waals surface area contributed by atoms with Crippen molar-refractivity contribution in [2.75, 3.05) is 33.3 Å². The van der Waals surface area contributed by atoms with Crippen LogP contribution < -0.4 is 10.6 Å². The summed E-state index contributed by atoms with van der Waals surface area (Å²) in [4.78, 5) is 0. The highest BCUT2D eigenvalue weighted by molar-refractivity contribution is 7.86. The van der Waals surface area contributed by atoms with Crippen molar-refractivity contribution in [2.45, 2.75) is 55.8 Å². The number of fused-ring (bicyclic) bond motifs is 3. The van der Waals surface area contributed by atoms with Gasteiger partial charge >= 0.3 is 5.51 Å². The molecule has 7 heterocycles. The zero-order valence-corrected chi connectivity index (χ0v) is 33.9. The van der Waals surface area contributed by atoms with Gasteiger partial charge in [-0.1, -0.05) is 73.0 Å². The number of ether oxygens (including phenoxy) is 1. The first-order chi connectivity index (χ1) is 28.5. The number of alkyl halides is 3. The lowest BCUT2D eigenvalue weighted by Crippen LogP contribution is -2.37. The molecule has 60 heavy (non-hydrogen) atoms. The second kappa shape index (κ2) is 24.1. The number of benzene rings is 3. The molecule has 3 aromatic carbocycles. The zero-order chi connectivity index (χ0) is 41.9. The van der Waals surface area contributed by atoms with Crippen LogP contribution in [0.15, 0.2) is 147 Å². The van der Waals surface area contributed by atoms with Gasteiger partial charge in [0.2, 0.25) is 0 Å². The first-order valence-corrected chi connectivity index (χ1v) is 20.7. The zero-order valence-electron chi connectivity index (χ0n) is 33.1. The number of nitrogens with one attached hydrogen (secondary N) is 2. The van der Waals surface area contributed by atoms with Crippen LogP contribution in [0.3, 0.4) is 0 Å². The van der Waals surface area contributed by atoms with Crippen molar-refractivity contribution in [2.24, 2.45) is 0 Å². The van der Waals surface area contributed by atoms with Gasteiger partial charge in [-0.05, 0) is 96.6 Å². The van der Waals surface area contributed by atoms with Gasteiger partial charge in [0.15, 0.2) is 16.3 Å². The van der Waals surface area contributed by atoms with Crippen molar-refractivity contribution in [3.8, 4) is 0 Å². The molecule has 15 heteroatoms. The maximum Gasteiger partial charge on any atom is 0.485 e. The van der Waals surface area contributed by atoms with Crippen LogP contribution in [0.4, 0.5) is 17.9 Å². The number of rotatable bonds is 2. The van der Waals surface area contributed by atoms with Crippen molar-refractivity contribution in [1.82, 2.24) is 10.6 Å². The Balaban J connectivity index is 0.000000203. The molecule has 1 saturated heterocycles. The molecule has 6 aromatic rings. The molecular formula is C45H52F4N3O7S-. The molecule has 0 saturated carbocycles. The summed E-state index contributed by atoms with van der Waals surface area (Å²) in [6, 6.07) is 37.7. The maximum absolute atomic E-state index is 10.7. The number of nitrogens with zero attached hydrogens (tertiary/aromatic N) is 1. The molecule has 4 aliphatic rings. The number of halogens is 4. The van der Waals surface area contributed by atoms with E-state index in [9.17, 15) is 13.2 Å². The Labute approximate surface area is 349 Å². The van der Waals surface area contributed by atoms with Crippen LogP contribution in [-0.2, 0) is 34.1 Å². The van der Waals surface area contributed by atoms with Gasteiger partial charge in [-0.15, -0.1) is 6.07 Å². The molecule has 3 aromatic heterocycles. The van der Waals surface area contributed by atoms with E-state index in [4.69, 9.17) is 22.1 Å². The lowest BCUT2D eigenvalue weighted by molar-refractivity contribution is -0.493. The topological polar surface area (TPSA) is 133 Å². The lowest BCUT2D eigenvalue weighted by Gasteiger charge is -2.30. The smallest absolute Gasteiger partial charge is 0.485 e. The van der Waals surface area contributed by atoms with E-state index >= 15 is 0 Å². The van der Waals surface area contributed by atoms with Crippen LogP contribution in [0.25, 0.3) is 0 Å². The molecule has 0 amide bonds. The molecule has 2 N–H and O–H groups in total. The second-order valence-electron chi connectivity index (χ2n) is 13.8. The first-order valence-electron chi connectivity index (χ1n) is 19.3. The predicted molar refractivity (Wildman–Crippen MR) is 222 cm³/mol. The highest BCUT2D eigenvalue weighted by Gasteiger charge is 2.37. The summed E-state index contributed by atoms with van der Waals surface area (Å²) < 4.78 is 81.4. The molecule has 1 fully saturated rings. The molecule has 3 atom stereocenters. The van der Waals surface area contributed by atoms with Gasteiger partial charge in [-0.3, -0.25) is 4.70 Å². The van der Waals surface area contributed by atoms with E-state index < -0.39 is 15.6 Å². The van der Waals surface area contributed by atoms with Crippen LogP contribution >= 0.6 is 0 Å². The number of furan rings is 3. The summed E-state index contributed by atoms with van der Waals surface area (Å²) >= 11 is 0. The van der Waals surface area contributed by atoms with Crippen LogP contribution in [0.2, 0.25) is 0 Å². The van der Waals surface area contributed by atoms with Crippen molar-refractivity contribution in [3.05, 3.63) is 180 Å². The molecule has 4 aliphatic heterocycles. The third kappa shape index (κ3) is 14.7. The minimum Gasteiger partial charge on any atom is -0.741 e. The average molecular weight is 857 g/mol. The summed E-state index contributed by atoms with van der Waals surface area (Å²) in [6.45, 7) is 4.19. The van der Waals surface area contributed by atoms with Crippen LogP contribution in [-0.4, -0.2) is 68.7 Å². The lowest BCUT2D eigenvalue weighted by atomic mass is 9.90. The van der Waals surface area contributed by atoms with Crippen molar-refractivity contribution in [3.63, 3.8) is 0 Å². The molecule has 10 rings (SSSR count). The summed E-state index contributed by atoms with van der Waals surface area (Å²) in [5.74, 6) is 1.00. The quantitative estimate of drug-likeness (QED) is 0.0577. The Kier molecular flexibility index (Phi) is 19.0. The molecule has 0 spiro atoms. The SMILES string of the molecule is C[N+]1=Cc2ccccc2CC1.F.O=S(=O)([O-])C(F)(F)F.[3HH].[c-]1ccco1.c1ccc2c(c1)CCNC2C1CCCO1.c1ccoc1.c1coc(C2NCCc3ccccc32)c1. The Bertz CT molecular complexity index is 2150. The summed E-state index contributed by atoms with van der Waals surface area (Å²) in [5, 5.41) is 7.08. The van der Waals surface area contributed by atoms with Crippen molar-refractivity contribution in [1.29, 1.82) is 0 Å². The first kappa shape index (κ1) is 47.4. The number of hydrogen-bond donors (Lipinski definition) is 2. The van der Waals surface area contributed by atoms with Gasteiger partial charge < -0.3 is 33.2 Å². The predicted octanol–water partition coefficient (Wildman–Crippen LogP) is 8.68. The number of hydrogen-bond acceptors (Lipinski definition) is 9. The average Bonchev–Trinajstić information content (AvgIpc) is 4.10. The fourth-order valence-electron chi connectivity index (χ4n) is 6.86. The largest absolute Gasteiger partial charge is 0.741 e. The Hall–Kier alpha value is -5.32. The Morgan fingerprint density at radius 3 is 1.97 bits per heavy atom. The van der Waals surface area contributed by atoms with Crippen LogP contribution in [0.5, 0.6) is 0 Å². The minimum absolute atomic E-state index is 0. The van der Waals surface area contributed by atoms with Crippen molar-refractivity contribution < 1.29 is 54.8 Å². The standard InChI is InChI=1S/C13H17NO.C13H13NO.C10H12N.C4H4O.C4H3O.CHF3O3S.FH.H2/c2*1-2-5-11-10(4-1)7-8-14-13(11)12-6-3-9-15-12;1-11-7-6-9-4-2-3-5-10(9)8-11;2*1-2-4-5-3-1;2-1(3,4)8(5,6)7;;/h1-2,4-5,12-14H,3,6-9H2;1-6,9,13-14H,7-8H2;2-5,8H,6-7H2,1H3;1-4H;1-3H;(H,5,6,7);2*1H/q;;+1;;-1;;;/p-1/i;;;;;;;1+2. The van der Waals surface area contributed by atoms with E-state index in [1.807, 2.05) is 24.3 Å². The monoisotopic (exact) mass is 856 g/mol. The van der Waals surface area contributed by atoms with Gasteiger partial charge in [0, 0.05) is 26.6 Å². The van der Waals surface area contributed by atoms with E-state index in [2.05, 4.69) is 116 Å². The van der Waals surface area contributed by atoms with E-state index in [1.54, 1.807) is 37.2 Å². The maximum atomic E-state index is 10.7. The van der Waals surface area contributed by atoms with E-state index in [-0.39, 0.29) is 12.2 Å². The van der Waals surface area contributed by atoms with E-state index in [0.29, 0.717) is 12.1 Å². The van der Waals surface area contributed by atoms with Crippen LogP contribution in [0, 0.1) is 6.26 Å². The third-order valence-electron chi connectivity index (χ3n) is 9.66. The van der Waals surface area contributed by atoms with Gasteiger partial charge in [-0.25, -0.2) is 13.0 Å². The number of likely N-dealkylation sites (N-methyl/N-ethyl adjacent to an activating group) is 1. The van der Waals surface area contributed by atoms with E-state index in [0.717, 1.165) is 44.8 Å².